The predicted molar refractivity (Wildman–Crippen MR) is 345 cm³/mol. The van der Waals surface area contributed by atoms with Gasteiger partial charge in [-0.2, -0.15) is 0 Å². The maximum Gasteiger partial charge on any atom is 0.329 e. The number of urea groups is 2. The third kappa shape index (κ3) is 17.4. The van der Waals surface area contributed by atoms with Gasteiger partial charge < -0.3 is 62.6 Å². The number of fused-ring (bicyclic) bond motifs is 2. The van der Waals surface area contributed by atoms with E-state index in [4.69, 9.17) is 20.9 Å². The van der Waals surface area contributed by atoms with Gasteiger partial charge in [0.25, 0.3) is 11.8 Å². The summed E-state index contributed by atoms with van der Waals surface area (Å²) in [5.74, 6) is -6.86. The number of nitrogens with zero attached hydrogens (tertiary/aromatic N) is 2. The van der Waals surface area contributed by atoms with E-state index in [1.165, 1.54) is 9.80 Å². The Balaban J connectivity index is 0.000000265. The van der Waals surface area contributed by atoms with Gasteiger partial charge in [-0.3, -0.25) is 38.4 Å². The van der Waals surface area contributed by atoms with Crippen molar-refractivity contribution in [1.29, 1.82) is 0 Å². The number of esters is 2. The minimum Gasteiger partial charge on any atom is -0.461 e. The molecule has 10 amide bonds. The Morgan fingerprint density at radius 1 is 0.527 bits per heavy atom. The zero-order valence-electron chi connectivity index (χ0n) is 57.7. The Morgan fingerprint density at radius 3 is 1.29 bits per heavy atom. The van der Waals surface area contributed by atoms with Crippen LogP contribution in [-0.2, 0) is 57.4 Å². The molecule has 7 aliphatic rings. The molecule has 0 aromatic heterocycles. The summed E-state index contributed by atoms with van der Waals surface area (Å²) in [6.07, 6.45) is 8.26. The van der Waals surface area contributed by atoms with Crippen molar-refractivity contribution in [2.45, 2.75) is 242 Å². The van der Waals surface area contributed by atoms with E-state index in [0.717, 1.165) is 63.4 Å². The van der Waals surface area contributed by atoms with Gasteiger partial charge in [-0.25, -0.2) is 19.2 Å². The monoisotopic (exact) mass is 1300 g/mol. The number of piperidine rings is 2. The number of amides is 10. The highest BCUT2D eigenvalue weighted by atomic mass is 16.5. The van der Waals surface area contributed by atoms with Crippen molar-refractivity contribution in [2.24, 2.45) is 80.0 Å². The first-order valence-electron chi connectivity index (χ1n) is 33.6. The molecule has 516 valence electrons. The molecule has 13 atom stereocenters. The number of benzene rings is 1. The molecule has 2 unspecified atom stereocenters. The quantitative estimate of drug-likeness (QED) is 0.0457. The van der Waals surface area contributed by atoms with Crippen LogP contribution in [0.3, 0.4) is 0 Å². The molecule has 2 aliphatic heterocycles. The summed E-state index contributed by atoms with van der Waals surface area (Å²) in [6, 6.07) is -0.0197. The molecule has 0 radical (unpaired) electrons. The first-order chi connectivity index (χ1) is 43.1. The normalized spacial score (nSPS) is 25.0. The number of Topliss-reactive ketones (excluding diaryl/α,β-unsaturated/α-hetero) is 2. The largest absolute Gasteiger partial charge is 0.461 e. The lowest BCUT2D eigenvalue weighted by Gasteiger charge is -2.38. The molecule has 2 saturated heterocycles. The molecule has 0 bridgehead atoms. The second kappa shape index (κ2) is 28.4. The number of primary amides is 2. The summed E-state index contributed by atoms with van der Waals surface area (Å²) in [5, 5.41) is 16.6. The smallest absolute Gasteiger partial charge is 0.329 e. The number of nitrogens with one attached hydrogen (secondary N) is 6. The third-order valence-corrected chi connectivity index (χ3v) is 20.8. The maximum absolute atomic E-state index is 14.4. The fraction of sp³-hybridized carbons (Fsp3) is 0.739. The molecule has 1 aromatic rings. The van der Waals surface area contributed by atoms with Crippen molar-refractivity contribution in [2.75, 3.05) is 13.1 Å². The van der Waals surface area contributed by atoms with E-state index in [-0.39, 0.29) is 58.4 Å². The van der Waals surface area contributed by atoms with E-state index in [2.05, 4.69) is 31.9 Å². The molecule has 2 heterocycles. The van der Waals surface area contributed by atoms with Crippen LogP contribution < -0.4 is 43.4 Å². The van der Waals surface area contributed by atoms with Crippen LogP contribution >= 0.6 is 0 Å². The molecule has 0 spiro atoms. The maximum atomic E-state index is 14.4. The molecule has 5 saturated carbocycles. The summed E-state index contributed by atoms with van der Waals surface area (Å²) in [5.41, 5.74) is 8.77. The standard InChI is InChI=1S/C37H55N5O7.C32H51N5O7/c1-20(22-16-11-10-12-17-22)49-33(47)29(36(5,6)7)41-34(48)40-28(35(2,3)4)32(46)42-19-23-25(37(23,8)9)26(42)31(45)39-24(27(43)30(38)44)18-21-14-13-15-21;1-16(2)22(29(42)44-18-10-8-9-11-18)35-30(43)36-25(31(3,4)5)28(41)37-15-19-21(32(19,6)7)23(37)27(40)34-20(14-17-12-13-17)24(38)26(33)39/h10-12,16-17,20-21,23-26,28-29H,13-15,18-19H2,1-9H3,(H2,38,44)(H,39,45)(H2,40,41,48);16-23,25H,8-15H2,1-7H3,(H2,33,39)(H,34,40)(H2,35,36,43)/t20-,23+,24?,25+,26+,28-,29-;19-,20?,21-,22-,23-,25+/m10/s1. The molecule has 7 fully saturated rings. The van der Waals surface area contributed by atoms with Crippen LogP contribution in [0.4, 0.5) is 9.59 Å². The van der Waals surface area contributed by atoms with Crippen molar-refractivity contribution in [3.8, 4) is 0 Å². The van der Waals surface area contributed by atoms with Crippen molar-refractivity contribution in [3.63, 3.8) is 0 Å². The van der Waals surface area contributed by atoms with Crippen LogP contribution in [-0.4, -0.2) is 148 Å². The zero-order valence-corrected chi connectivity index (χ0v) is 57.7. The molecular formula is C69H106N10O14. The second-order valence-corrected chi connectivity index (χ2v) is 32.3. The van der Waals surface area contributed by atoms with Crippen LogP contribution in [0.25, 0.3) is 0 Å². The zero-order chi connectivity index (χ0) is 69.4. The highest BCUT2D eigenvalue weighted by Crippen LogP contribution is 2.66. The predicted octanol–water partition coefficient (Wildman–Crippen LogP) is 5.66. The van der Waals surface area contributed by atoms with Gasteiger partial charge in [0.15, 0.2) is 0 Å². The summed E-state index contributed by atoms with van der Waals surface area (Å²) in [4.78, 5) is 161. The van der Waals surface area contributed by atoms with E-state index >= 15 is 0 Å². The van der Waals surface area contributed by atoms with Crippen molar-refractivity contribution in [3.05, 3.63) is 35.9 Å². The van der Waals surface area contributed by atoms with Crippen LogP contribution in [0.1, 0.15) is 193 Å². The number of rotatable bonds is 24. The molecule has 8 rings (SSSR count). The Kier molecular flexibility index (Phi) is 22.4. The number of likely N-dealkylation sites (tertiary alicyclic amines) is 2. The SMILES string of the molecule is CC(C)[C@H](NC(=O)N[C@H](C(=O)N1C[C@H]2[C@@H]([C@H]1C(=O)NC(CC1CC1)C(=O)C(N)=O)C2(C)C)C(C)(C)C)C(=O)OC1CCCC1.C[C@@H](OC(=O)[C@@H](NC(=O)N[C@H](C(=O)N1C[C@H]2[C@@H]([C@H]1C(=O)NC(CC1CCC1)C(=O)C(N)=O)C2(C)C)C(C)(C)C)C(C)(C)C)c1ccccc1. The lowest BCUT2D eigenvalue weighted by molar-refractivity contribution is -0.154. The fourth-order valence-electron chi connectivity index (χ4n) is 14.3. The number of hydrogen-bond acceptors (Lipinski definition) is 14. The number of nitrogens with two attached hydrogens (primary N) is 2. The van der Waals surface area contributed by atoms with E-state index in [1.54, 1.807) is 6.92 Å². The van der Waals surface area contributed by atoms with Gasteiger partial charge in [0, 0.05) is 13.1 Å². The highest BCUT2D eigenvalue weighted by molar-refractivity contribution is 6.38. The summed E-state index contributed by atoms with van der Waals surface area (Å²) in [6.45, 7) is 30.5. The van der Waals surface area contributed by atoms with Gasteiger partial charge in [0.05, 0.1) is 12.1 Å². The Bertz CT molecular complexity index is 3010. The summed E-state index contributed by atoms with van der Waals surface area (Å²) >= 11 is 0. The first kappa shape index (κ1) is 73.3. The Hall–Kier alpha value is -7.14. The Morgan fingerprint density at radius 2 is 0.925 bits per heavy atom. The lowest BCUT2D eigenvalue weighted by atomic mass is 9.80. The summed E-state index contributed by atoms with van der Waals surface area (Å²) < 4.78 is 11.4. The van der Waals surface area contributed by atoms with E-state index in [0.29, 0.717) is 25.9 Å². The average molecular weight is 1300 g/mol. The fourth-order valence-corrected chi connectivity index (χ4v) is 14.3. The van der Waals surface area contributed by atoms with Crippen molar-refractivity contribution in [1.82, 2.24) is 41.7 Å². The van der Waals surface area contributed by atoms with Gasteiger partial charge in [-0.1, -0.05) is 166 Å². The van der Waals surface area contributed by atoms with Crippen LogP contribution in [0.5, 0.6) is 0 Å². The molecule has 24 nitrogen and oxygen atoms in total. The van der Waals surface area contributed by atoms with Gasteiger partial charge in [-0.15, -0.1) is 0 Å². The Labute approximate surface area is 548 Å². The van der Waals surface area contributed by atoms with E-state index in [1.807, 2.05) is 134 Å². The van der Waals surface area contributed by atoms with Crippen LogP contribution in [0.15, 0.2) is 30.3 Å². The molecular weight excluding hydrogens is 1190 g/mol. The van der Waals surface area contributed by atoms with Crippen molar-refractivity contribution < 1.29 is 67.0 Å². The van der Waals surface area contributed by atoms with Gasteiger partial charge in [0.1, 0.15) is 48.5 Å². The number of carbonyl (C=O) groups is 12. The molecule has 24 heteroatoms. The second-order valence-electron chi connectivity index (χ2n) is 32.3. The molecule has 93 heavy (non-hydrogen) atoms. The first-order valence-corrected chi connectivity index (χ1v) is 33.6. The average Bonchev–Trinajstić information content (AvgIpc) is 1.53. The number of hydrogen-bond donors (Lipinski definition) is 8. The molecule has 5 aliphatic carbocycles. The number of ketones is 2. The van der Waals surface area contributed by atoms with Crippen LogP contribution in [0, 0.1) is 68.5 Å². The third-order valence-electron chi connectivity index (χ3n) is 20.8. The van der Waals surface area contributed by atoms with E-state index in [9.17, 15) is 57.5 Å². The molecule has 1 aromatic carbocycles. The van der Waals surface area contributed by atoms with Crippen LogP contribution in [0.2, 0.25) is 0 Å². The van der Waals surface area contributed by atoms with Gasteiger partial charge in [-0.05, 0) is 120 Å². The number of ether oxygens (including phenoxy) is 2. The minimum absolute atomic E-state index is 0.0465. The van der Waals surface area contributed by atoms with Crippen molar-refractivity contribution >= 4 is 71.0 Å². The molecule has 10 N–H and O–H groups in total. The topological polar surface area (TPSA) is 354 Å². The minimum atomic E-state index is -1.11. The lowest BCUT2D eigenvalue weighted by Crippen LogP contribution is -2.62. The van der Waals surface area contributed by atoms with Gasteiger partial charge in [0.2, 0.25) is 35.2 Å². The summed E-state index contributed by atoms with van der Waals surface area (Å²) in [7, 11) is 0. The highest BCUT2D eigenvalue weighted by Gasteiger charge is 2.71. The van der Waals surface area contributed by atoms with E-state index < -0.39 is 142 Å². The van der Waals surface area contributed by atoms with Gasteiger partial charge >= 0.3 is 24.0 Å². The number of carbonyl (C=O) groups excluding carboxylic acids is 12.